The summed E-state index contributed by atoms with van der Waals surface area (Å²) in [5.74, 6) is 0.189. The molecule has 0 saturated carbocycles. The molecule has 7 heteroatoms. The van der Waals surface area contributed by atoms with Gasteiger partial charge in [-0.3, -0.25) is 14.5 Å². The largest absolute Gasteiger partial charge is 0.481 e. The molecule has 1 aliphatic rings. The van der Waals surface area contributed by atoms with E-state index in [0.29, 0.717) is 10.8 Å². The van der Waals surface area contributed by atoms with Crippen molar-refractivity contribution in [3.05, 3.63) is 28.8 Å². The number of nitrogens with zero attached hydrogens (tertiary/aromatic N) is 1. The standard InChI is InChI=1S/C17H24ClN3O3/c1-11-9-13(18)3-4-15(11)24-12(2)17(23)20-14-5-7-21(8-6-14)10-16(19)22/h3-4,9,12,14H,5-8,10H2,1-2H3,(H2,19,22)(H,20,23). The highest BCUT2D eigenvalue weighted by atomic mass is 35.5. The molecule has 0 radical (unpaired) electrons. The van der Waals surface area contributed by atoms with Crippen molar-refractivity contribution in [3.63, 3.8) is 0 Å². The quantitative estimate of drug-likeness (QED) is 0.811. The predicted octanol–water partition coefficient (Wildman–Crippen LogP) is 1.48. The number of likely N-dealkylation sites (tertiary alicyclic amines) is 1. The van der Waals surface area contributed by atoms with Gasteiger partial charge in [-0.25, -0.2) is 0 Å². The third kappa shape index (κ3) is 5.39. The topological polar surface area (TPSA) is 84.7 Å². The highest BCUT2D eigenvalue weighted by Gasteiger charge is 2.24. The molecule has 1 heterocycles. The van der Waals surface area contributed by atoms with Gasteiger partial charge < -0.3 is 15.8 Å². The number of aryl methyl sites for hydroxylation is 1. The molecule has 2 amide bonds. The molecule has 6 nitrogen and oxygen atoms in total. The number of carbonyl (C=O) groups excluding carboxylic acids is 2. The van der Waals surface area contributed by atoms with Crippen LogP contribution in [0.25, 0.3) is 0 Å². The number of benzene rings is 1. The van der Waals surface area contributed by atoms with E-state index in [0.717, 1.165) is 31.5 Å². The van der Waals surface area contributed by atoms with Crippen molar-refractivity contribution in [2.45, 2.75) is 38.8 Å². The Hall–Kier alpha value is -1.79. The highest BCUT2D eigenvalue weighted by Crippen LogP contribution is 2.23. The maximum atomic E-state index is 12.3. The molecule has 132 valence electrons. The van der Waals surface area contributed by atoms with Crippen LogP contribution in [0, 0.1) is 6.92 Å². The minimum absolute atomic E-state index is 0.0963. The third-order valence-corrected chi connectivity index (χ3v) is 4.36. The van der Waals surface area contributed by atoms with Crippen LogP contribution >= 0.6 is 11.6 Å². The lowest BCUT2D eigenvalue weighted by atomic mass is 10.0. The summed E-state index contributed by atoms with van der Waals surface area (Å²) in [6, 6.07) is 5.40. The Kier molecular flexibility index (Phi) is 6.45. The first-order valence-corrected chi connectivity index (χ1v) is 8.47. The molecular formula is C17H24ClN3O3. The summed E-state index contributed by atoms with van der Waals surface area (Å²) in [4.78, 5) is 25.2. The van der Waals surface area contributed by atoms with Crippen LogP contribution in [0.5, 0.6) is 5.75 Å². The first-order chi connectivity index (χ1) is 11.3. The van der Waals surface area contributed by atoms with Gasteiger partial charge in [0.1, 0.15) is 5.75 Å². The first-order valence-electron chi connectivity index (χ1n) is 8.09. The number of ether oxygens (including phenoxy) is 1. The molecule has 1 unspecified atom stereocenters. The summed E-state index contributed by atoms with van der Waals surface area (Å²) in [5.41, 5.74) is 6.09. The van der Waals surface area contributed by atoms with Crippen molar-refractivity contribution in [3.8, 4) is 5.75 Å². The van der Waals surface area contributed by atoms with Gasteiger partial charge in [-0.05, 0) is 50.5 Å². The first kappa shape index (κ1) is 18.5. The number of nitrogens with two attached hydrogens (primary N) is 1. The number of halogens is 1. The van der Waals surface area contributed by atoms with Gasteiger partial charge >= 0.3 is 0 Å². The Labute approximate surface area is 147 Å². The number of amides is 2. The van der Waals surface area contributed by atoms with E-state index in [-0.39, 0.29) is 24.4 Å². The number of piperidine rings is 1. The van der Waals surface area contributed by atoms with Gasteiger partial charge in [0.05, 0.1) is 6.54 Å². The van der Waals surface area contributed by atoms with Crippen molar-refractivity contribution < 1.29 is 14.3 Å². The second kappa shape index (κ2) is 8.35. The van der Waals surface area contributed by atoms with Crippen LogP contribution in [0.4, 0.5) is 0 Å². The van der Waals surface area contributed by atoms with Crippen LogP contribution in [0.15, 0.2) is 18.2 Å². The van der Waals surface area contributed by atoms with Gasteiger partial charge in [-0.15, -0.1) is 0 Å². The van der Waals surface area contributed by atoms with Gasteiger partial charge in [-0.1, -0.05) is 11.6 Å². The molecular weight excluding hydrogens is 330 g/mol. The molecule has 0 aromatic heterocycles. The molecule has 1 fully saturated rings. The number of nitrogens with one attached hydrogen (secondary N) is 1. The van der Waals surface area contributed by atoms with Crippen molar-refractivity contribution >= 4 is 23.4 Å². The van der Waals surface area contributed by atoms with Gasteiger partial charge in [0, 0.05) is 24.2 Å². The van der Waals surface area contributed by atoms with E-state index in [1.807, 2.05) is 11.8 Å². The van der Waals surface area contributed by atoms with E-state index in [9.17, 15) is 9.59 Å². The number of hydrogen-bond acceptors (Lipinski definition) is 4. The lowest BCUT2D eigenvalue weighted by molar-refractivity contribution is -0.128. The summed E-state index contributed by atoms with van der Waals surface area (Å²) in [6.07, 6.45) is 1.01. The van der Waals surface area contributed by atoms with Crippen LogP contribution in [0.1, 0.15) is 25.3 Å². The normalized spacial score (nSPS) is 17.3. The number of rotatable bonds is 6. The average Bonchev–Trinajstić information content (AvgIpc) is 2.51. The summed E-state index contributed by atoms with van der Waals surface area (Å²) in [6.45, 7) is 5.39. The SMILES string of the molecule is Cc1cc(Cl)ccc1OC(C)C(=O)NC1CCN(CC(N)=O)CC1. The monoisotopic (exact) mass is 353 g/mol. The molecule has 0 spiro atoms. The van der Waals surface area contributed by atoms with E-state index in [4.69, 9.17) is 22.1 Å². The lowest BCUT2D eigenvalue weighted by Gasteiger charge is -2.32. The fourth-order valence-electron chi connectivity index (χ4n) is 2.76. The van der Waals surface area contributed by atoms with Gasteiger partial charge in [0.15, 0.2) is 6.10 Å². The van der Waals surface area contributed by atoms with Gasteiger partial charge in [-0.2, -0.15) is 0 Å². The zero-order valence-electron chi connectivity index (χ0n) is 14.0. The van der Waals surface area contributed by atoms with Gasteiger partial charge in [0.25, 0.3) is 5.91 Å². The lowest BCUT2D eigenvalue weighted by Crippen LogP contribution is -2.49. The molecule has 0 bridgehead atoms. The van der Waals surface area contributed by atoms with Crippen LogP contribution in [0.2, 0.25) is 5.02 Å². The summed E-state index contributed by atoms with van der Waals surface area (Å²) in [5, 5.41) is 3.65. The Morgan fingerprint density at radius 1 is 1.42 bits per heavy atom. The Bertz CT molecular complexity index is 601. The van der Waals surface area contributed by atoms with E-state index in [1.165, 1.54) is 0 Å². The molecule has 3 N–H and O–H groups in total. The molecule has 1 saturated heterocycles. The molecule has 2 rings (SSSR count). The van der Waals surface area contributed by atoms with E-state index in [1.54, 1.807) is 25.1 Å². The van der Waals surface area contributed by atoms with E-state index >= 15 is 0 Å². The Balaban J connectivity index is 1.81. The Morgan fingerprint density at radius 2 is 2.08 bits per heavy atom. The van der Waals surface area contributed by atoms with Crippen LogP contribution in [-0.2, 0) is 9.59 Å². The Morgan fingerprint density at radius 3 is 2.67 bits per heavy atom. The minimum atomic E-state index is -0.589. The van der Waals surface area contributed by atoms with Crippen LogP contribution < -0.4 is 15.8 Å². The molecule has 1 atom stereocenters. The molecule has 0 aliphatic carbocycles. The van der Waals surface area contributed by atoms with Crippen molar-refractivity contribution in [1.82, 2.24) is 10.2 Å². The maximum Gasteiger partial charge on any atom is 0.260 e. The predicted molar refractivity (Wildman–Crippen MR) is 93.1 cm³/mol. The second-order valence-corrected chi connectivity index (χ2v) is 6.63. The smallest absolute Gasteiger partial charge is 0.260 e. The summed E-state index contributed by atoms with van der Waals surface area (Å²) in [7, 11) is 0. The molecule has 1 aromatic carbocycles. The average molecular weight is 354 g/mol. The maximum absolute atomic E-state index is 12.3. The van der Waals surface area contributed by atoms with Gasteiger partial charge in [0.2, 0.25) is 5.91 Å². The highest BCUT2D eigenvalue weighted by molar-refractivity contribution is 6.30. The van der Waals surface area contributed by atoms with Crippen molar-refractivity contribution in [2.75, 3.05) is 19.6 Å². The van der Waals surface area contributed by atoms with Crippen LogP contribution in [-0.4, -0.2) is 48.5 Å². The fourth-order valence-corrected chi connectivity index (χ4v) is 2.99. The molecule has 24 heavy (non-hydrogen) atoms. The summed E-state index contributed by atoms with van der Waals surface area (Å²) < 4.78 is 5.73. The number of hydrogen-bond donors (Lipinski definition) is 2. The van der Waals surface area contributed by atoms with E-state index in [2.05, 4.69) is 5.32 Å². The fraction of sp³-hybridized carbons (Fsp3) is 0.529. The van der Waals surface area contributed by atoms with Crippen molar-refractivity contribution in [1.29, 1.82) is 0 Å². The zero-order valence-corrected chi connectivity index (χ0v) is 14.8. The number of carbonyl (C=O) groups is 2. The van der Waals surface area contributed by atoms with Crippen molar-refractivity contribution in [2.24, 2.45) is 5.73 Å². The summed E-state index contributed by atoms with van der Waals surface area (Å²) >= 11 is 5.92. The zero-order chi connectivity index (χ0) is 17.7. The number of primary amides is 1. The third-order valence-electron chi connectivity index (χ3n) is 4.12. The van der Waals surface area contributed by atoms with E-state index < -0.39 is 6.10 Å². The molecule has 1 aliphatic heterocycles. The van der Waals surface area contributed by atoms with Crippen LogP contribution in [0.3, 0.4) is 0 Å². The second-order valence-electron chi connectivity index (χ2n) is 6.20. The molecule has 1 aromatic rings. The minimum Gasteiger partial charge on any atom is -0.481 e.